The highest BCUT2D eigenvalue weighted by atomic mass is 32.2. The monoisotopic (exact) mass is 410 g/mol. The van der Waals surface area contributed by atoms with Gasteiger partial charge < -0.3 is 0 Å². The fraction of sp³-hybridized carbons (Fsp3) is 0.176. The summed E-state index contributed by atoms with van der Waals surface area (Å²) in [5.74, 6) is -1.22. The first-order chi connectivity index (χ1) is 12.5. The Kier molecular flexibility index (Phi) is 6.01. The van der Waals surface area contributed by atoms with E-state index in [0.717, 1.165) is 5.41 Å². The molecule has 0 heterocycles. The average molecular weight is 410 g/mol. The molecule has 0 spiro atoms. The molecule has 0 amide bonds. The second kappa shape index (κ2) is 7.89. The van der Waals surface area contributed by atoms with Gasteiger partial charge in [0.25, 0.3) is 10.0 Å². The number of aryl methyl sites for hydroxylation is 2. The smallest absolute Gasteiger partial charge is 0.280 e. The van der Waals surface area contributed by atoms with Crippen molar-refractivity contribution in [2.75, 3.05) is 10.6 Å². The van der Waals surface area contributed by atoms with E-state index < -0.39 is 30.7 Å². The Morgan fingerprint density at radius 2 is 1.59 bits per heavy atom. The molecule has 0 unspecified atom stereocenters. The quantitative estimate of drug-likeness (QED) is 0.553. The molecule has 10 heteroatoms. The van der Waals surface area contributed by atoms with E-state index in [1.165, 1.54) is 32.1 Å². The highest BCUT2D eigenvalue weighted by Crippen LogP contribution is 2.26. The van der Waals surface area contributed by atoms with E-state index in [1.54, 1.807) is 24.3 Å². The van der Waals surface area contributed by atoms with Gasteiger partial charge in [-0.15, -0.1) is 0 Å². The Morgan fingerprint density at radius 1 is 1.04 bits per heavy atom. The van der Waals surface area contributed by atoms with Crippen LogP contribution in [0.25, 0.3) is 6.08 Å². The first-order valence-corrected chi connectivity index (χ1v) is 10.9. The van der Waals surface area contributed by atoms with Crippen LogP contribution in [0, 0.1) is 24.0 Å². The van der Waals surface area contributed by atoms with Crippen LogP contribution >= 0.6 is 0 Å². The highest BCUT2D eigenvalue weighted by molar-refractivity contribution is 7.95. The van der Waals surface area contributed by atoms with E-state index in [9.17, 15) is 26.9 Å². The van der Waals surface area contributed by atoms with Crippen LogP contribution in [-0.2, 0) is 19.9 Å². The minimum atomic E-state index is -4.12. The predicted octanol–water partition coefficient (Wildman–Crippen LogP) is 2.72. The van der Waals surface area contributed by atoms with Gasteiger partial charge in [0.15, 0.2) is 0 Å². The molecule has 8 nitrogen and oxygen atoms in total. The van der Waals surface area contributed by atoms with Crippen LogP contribution < -0.4 is 4.72 Å². The van der Waals surface area contributed by atoms with Gasteiger partial charge in [0, 0.05) is 10.6 Å². The number of hydrogen-bond donors (Lipinski definition) is 1. The second-order valence-corrected chi connectivity index (χ2v) is 9.34. The number of benzene rings is 2. The van der Waals surface area contributed by atoms with Gasteiger partial charge in [0.2, 0.25) is 9.84 Å². The molecule has 1 N–H and O–H groups in total. The minimum Gasteiger partial charge on any atom is -0.280 e. The number of hydrogen-bond acceptors (Lipinski definition) is 6. The maximum absolute atomic E-state index is 12.2. The molecular weight excluding hydrogens is 392 g/mol. The van der Waals surface area contributed by atoms with Gasteiger partial charge in [-0.25, -0.2) is 16.8 Å². The summed E-state index contributed by atoms with van der Waals surface area (Å²) in [6.07, 6.45) is 1.43. The molecule has 144 valence electrons. The lowest BCUT2D eigenvalue weighted by molar-refractivity contribution is -0.458. The molecule has 0 aliphatic carbocycles. The van der Waals surface area contributed by atoms with Gasteiger partial charge in [-0.05, 0) is 48.7 Å². The molecule has 0 radical (unpaired) electrons. The van der Waals surface area contributed by atoms with E-state index in [1.807, 2.05) is 6.07 Å². The Hall–Kier alpha value is -2.72. The average Bonchev–Trinajstić information content (AvgIpc) is 2.51. The summed E-state index contributed by atoms with van der Waals surface area (Å²) in [7, 11) is -7.94. The summed E-state index contributed by atoms with van der Waals surface area (Å²) in [4.78, 5) is 9.50. The number of rotatable bonds is 7. The normalized spacial score (nSPS) is 12.2. The summed E-state index contributed by atoms with van der Waals surface area (Å²) in [5.41, 5.74) is 1.32. The van der Waals surface area contributed by atoms with Crippen LogP contribution in [0.3, 0.4) is 0 Å². The molecule has 0 saturated carbocycles. The lowest BCUT2D eigenvalue weighted by Gasteiger charge is -2.12. The van der Waals surface area contributed by atoms with Gasteiger partial charge in [-0.1, -0.05) is 30.3 Å². The standard InChI is InChI=1S/C17H18N2O6S2/c1-13-10-16(11-14(2)17(13)26(22,23)12-19(20)21)18-27(24,25)9-8-15-6-4-3-5-7-15/h3-11,18H,12H2,1-2H3. The Labute approximate surface area is 157 Å². The molecule has 0 fully saturated rings. The number of sulfone groups is 1. The Morgan fingerprint density at radius 3 is 2.11 bits per heavy atom. The topological polar surface area (TPSA) is 123 Å². The molecule has 0 bridgehead atoms. The van der Waals surface area contributed by atoms with E-state index in [4.69, 9.17) is 0 Å². The minimum absolute atomic E-state index is 0.165. The molecule has 0 saturated heterocycles. The zero-order chi connectivity index (χ0) is 20.2. The number of sulfonamides is 1. The van der Waals surface area contributed by atoms with Crippen molar-refractivity contribution in [2.24, 2.45) is 0 Å². The molecular formula is C17H18N2O6S2. The van der Waals surface area contributed by atoms with E-state index in [-0.39, 0.29) is 21.7 Å². The number of nitrogens with one attached hydrogen (secondary N) is 1. The molecule has 0 aliphatic rings. The van der Waals surface area contributed by atoms with Gasteiger partial charge in [-0.3, -0.25) is 14.8 Å². The molecule has 2 aromatic carbocycles. The van der Waals surface area contributed by atoms with Crippen molar-refractivity contribution in [1.82, 2.24) is 0 Å². The lowest BCUT2D eigenvalue weighted by atomic mass is 10.1. The number of anilines is 1. The maximum Gasteiger partial charge on any atom is 0.305 e. The lowest BCUT2D eigenvalue weighted by Crippen LogP contribution is -2.17. The first-order valence-electron chi connectivity index (χ1n) is 7.72. The van der Waals surface area contributed by atoms with Gasteiger partial charge in [0.1, 0.15) is 0 Å². The van der Waals surface area contributed by atoms with Crippen LogP contribution in [0.15, 0.2) is 52.8 Å². The fourth-order valence-electron chi connectivity index (χ4n) is 2.63. The molecule has 0 aliphatic heterocycles. The Balaban J connectivity index is 2.30. The zero-order valence-corrected chi connectivity index (χ0v) is 16.2. The third-order valence-corrected chi connectivity index (χ3v) is 6.38. The summed E-state index contributed by atoms with van der Waals surface area (Å²) in [6.45, 7) is 2.91. The largest absolute Gasteiger partial charge is 0.305 e. The van der Waals surface area contributed by atoms with Crippen LogP contribution in [0.5, 0.6) is 0 Å². The van der Waals surface area contributed by atoms with Gasteiger partial charge in [-0.2, -0.15) is 0 Å². The van der Waals surface area contributed by atoms with Crippen molar-refractivity contribution >= 4 is 31.6 Å². The van der Waals surface area contributed by atoms with Crippen molar-refractivity contribution in [3.63, 3.8) is 0 Å². The van der Waals surface area contributed by atoms with Crippen LogP contribution in [0.4, 0.5) is 5.69 Å². The van der Waals surface area contributed by atoms with Crippen LogP contribution in [0.2, 0.25) is 0 Å². The van der Waals surface area contributed by atoms with Crippen molar-refractivity contribution in [2.45, 2.75) is 18.7 Å². The fourth-order valence-corrected chi connectivity index (χ4v) is 4.99. The SMILES string of the molecule is Cc1cc(NS(=O)(=O)C=Cc2ccccc2)cc(C)c1S(=O)(=O)C[N+](=O)[O-]. The van der Waals surface area contributed by atoms with Gasteiger partial charge in [0.05, 0.1) is 10.3 Å². The van der Waals surface area contributed by atoms with Crippen molar-refractivity contribution in [3.05, 3.63) is 74.7 Å². The van der Waals surface area contributed by atoms with E-state index in [2.05, 4.69) is 4.72 Å². The molecule has 27 heavy (non-hydrogen) atoms. The Bertz CT molecular complexity index is 1070. The zero-order valence-electron chi connectivity index (χ0n) is 14.6. The third kappa shape index (κ3) is 5.63. The summed E-state index contributed by atoms with van der Waals surface area (Å²) < 4.78 is 51.1. The van der Waals surface area contributed by atoms with Crippen molar-refractivity contribution < 1.29 is 21.8 Å². The summed E-state index contributed by atoms with van der Waals surface area (Å²) in [5, 5.41) is 11.6. The molecule has 0 aromatic heterocycles. The maximum atomic E-state index is 12.2. The third-order valence-electron chi connectivity index (χ3n) is 3.55. The number of nitro groups is 1. The van der Waals surface area contributed by atoms with Crippen molar-refractivity contribution in [3.8, 4) is 0 Å². The van der Waals surface area contributed by atoms with Crippen molar-refractivity contribution in [1.29, 1.82) is 0 Å². The molecule has 2 rings (SSSR count). The number of nitrogens with zero attached hydrogens (tertiary/aromatic N) is 1. The van der Waals surface area contributed by atoms with Crippen LogP contribution in [0.1, 0.15) is 16.7 Å². The molecule has 0 atom stereocenters. The first kappa shape index (κ1) is 20.6. The predicted molar refractivity (Wildman–Crippen MR) is 103 cm³/mol. The second-order valence-electron chi connectivity index (χ2n) is 5.88. The van der Waals surface area contributed by atoms with Gasteiger partial charge >= 0.3 is 5.88 Å². The van der Waals surface area contributed by atoms with E-state index in [0.29, 0.717) is 5.56 Å². The highest BCUT2D eigenvalue weighted by Gasteiger charge is 2.26. The van der Waals surface area contributed by atoms with E-state index >= 15 is 0 Å². The molecule has 2 aromatic rings. The summed E-state index contributed by atoms with van der Waals surface area (Å²) in [6, 6.07) is 11.5. The summed E-state index contributed by atoms with van der Waals surface area (Å²) >= 11 is 0. The van der Waals surface area contributed by atoms with Crippen LogP contribution in [-0.4, -0.2) is 27.6 Å².